The number of allylic oxidation sites excluding steroid dienone is 5. The number of ketones is 1. The van der Waals surface area contributed by atoms with Crippen LogP contribution in [0.1, 0.15) is 51.9 Å². The molecule has 0 heterocycles. The molecule has 0 amide bonds. The highest BCUT2D eigenvalue weighted by atomic mass is 17.2. The Morgan fingerprint density at radius 3 is 1.92 bits per heavy atom. The first-order valence-corrected chi connectivity index (χ1v) is 8.59. The first kappa shape index (κ1) is 21.8. The molecule has 0 N–H and O–H groups in total. The number of benzene rings is 1. The lowest BCUT2D eigenvalue weighted by atomic mass is 9.88. The Hall–Kier alpha value is -2.26. The SMILES string of the molecule is CC(C)(C)OOC(C)(C)C.O=C=C1C=CC=CC1C(=O)c1ccccc1. The van der Waals surface area contributed by atoms with Gasteiger partial charge in [-0.25, -0.2) is 14.6 Å². The largest absolute Gasteiger partial charge is 0.293 e. The molecule has 0 radical (unpaired) electrons. The number of hydrogen-bond donors (Lipinski definition) is 0. The number of rotatable bonds is 3. The number of carbonyl (C=O) groups is 1. The van der Waals surface area contributed by atoms with E-state index in [0.717, 1.165) is 0 Å². The van der Waals surface area contributed by atoms with E-state index < -0.39 is 5.92 Å². The minimum Gasteiger partial charge on any atom is -0.293 e. The van der Waals surface area contributed by atoms with Gasteiger partial charge in [-0.05, 0) is 47.6 Å². The third kappa shape index (κ3) is 8.21. The number of Topliss-reactive ketones (excluding diaryl/α,β-unsaturated/α-hetero) is 1. The molecule has 1 aromatic rings. The van der Waals surface area contributed by atoms with Gasteiger partial charge >= 0.3 is 0 Å². The molecule has 140 valence electrons. The summed E-state index contributed by atoms with van der Waals surface area (Å²) in [7, 11) is 0. The Bertz CT molecular complexity index is 680. The van der Waals surface area contributed by atoms with Crippen molar-refractivity contribution in [2.75, 3.05) is 0 Å². The zero-order valence-corrected chi connectivity index (χ0v) is 16.4. The van der Waals surface area contributed by atoms with Crippen LogP contribution in [0.2, 0.25) is 0 Å². The Kier molecular flexibility index (Phi) is 7.91. The van der Waals surface area contributed by atoms with Crippen LogP contribution in [0.15, 0.2) is 60.2 Å². The molecule has 1 aromatic carbocycles. The van der Waals surface area contributed by atoms with Gasteiger partial charge < -0.3 is 0 Å². The topological polar surface area (TPSA) is 52.6 Å². The first-order valence-electron chi connectivity index (χ1n) is 8.59. The highest BCUT2D eigenvalue weighted by molar-refractivity contribution is 6.02. The molecule has 26 heavy (non-hydrogen) atoms. The molecule has 1 unspecified atom stereocenters. The van der Waals surface area contributed by atoms with E-state index in [1.165, 1.54) is 0 Å². The third-order valence-corrected chi connectivity index (χ3v) is 3.03. The summed E-state index contributed by atoms with van der Waals surface area (Å²) in [6.07, 6.45) is 6.84. The van der Waals surface area contributed by atoms with Crippen molar-refractivity contribution in [2.45, 2.75) is 52.7 Å². The summed E-state index contributed by atoms with van der Waals surface area (Å²) in [6.45, 7) is 11.7. The van der Waals surface area contributed by atoms with E-state index in [0.29, 0.717) is 11.1 Å². The molecule has 4 heteroatoms. The molecule has 4 nitrogen and oxygen atoms in total. The summed E-state index contributed by atoms with van der Waals surface area (Å²) >= 11 is 0. The van der Waals surface area contributed by atoms with E-state index in [9.17, 15) is 9.59 Å². The lowest BCUT2D eigenvalue weighted by Gasteiger charge is -2.24. The Labute approximate surface area is 156 Å². The zero-order valence-electron chi connectivity index (χ0n) is 16.4. The van der Waals surface area contributed by atoms with E-state index in [-0.39, 0.29) is 17.0 Å². The van der Waals surface area contributed by atoms with Crippen LogP contribution in [0.25, 0.3) is 0 Å². The fourth-order valence-corrected chi connectivity index (χ4v) is 1.90. The summed E-state index contributed by atoms with van der Waals surface area (Å²) < 4.78 is 0. The molecule has 0 aromatic heterocycles. The van der Waals surface area contributed by atoms with Crippen molar-refractivity contribution in [3.63, 3.8) is 0 Å². The molecule has 0 fully saturated rings. The van der Waals surface area contributed by atoms with E-state index >= 15 is 0 Å². The molecule has 2 rings (SSSR count). The van der Waals surface area contributed by atoms with Gasteiger partial charge in [0.2, 0.25) is 0 Å². The molecule has 0 bridgehead atoms. The van der Waals surface area contributed by atoms with E-state index in [4.69, 9.17) is 9.78 Å². The summed E-state index contributed by atoms with van der Waals surface area (Å²) in [4.78, 5) is 33.0. The summed E-state index contributed by atoms with van der Waals surface area (Å²) in [5.41, 5.74) is 0.567. The van der Waals surface area contributed by atoms with Crippen LogP contribution in [0.5, 0.6) is 0 Å². The molecule has 1 atom stereocenters. The van der Waals surface area contributed by atoms with Crippen LogP contribution in [0.3, 0.4) is 0 Å². The van der Waals surface area contributed by atoms with Gasteiger partial charge in [-0.3, -0.25) is 4.79 Å². The highest BCUT2D eigenvalue weighted by Crippen LogP contribution is 2.21. The maximum atomic E-state index is 12.1. The molecule has 0 spiro atoms. The molecule has 0 saturated heterocycles. The predicted octanol–water partition coefficient (Wildman–Crippen LogP) is 4.90. The first-order chi connectivity index (χ1) is 12.0. The van der Waals surface area contributed by atoms with Crippen LogP contribution in [0, 0.1) is 5.92 Å². The number of carbonyl (C=O) groups excluding carboxylic acids is 2. The van der Waals surface area contributed by atoms with Crippen LogP contribution in [-0.4, -0.2) is 22.9 Å². The normalized spacial score (nSPS) is 16.5. The van der Waals surface area contributed by atoms with Crippen molar-refractivity contribution >= 4 is 11.7 Å². The van der Waals surface area contributed by atoms with Crippen LogP contribution >= 0.6 is 0 Å². The van der Waals surface area contributed by atoms with E-state index in [2.05, 4.69) is 0 Å². The van der Waals surface area contributed by atoms with Crippen molar-refractivity contribution in [3.8, 4) is 0 Å². The molecule has 0 saturated carbocycles. The van der Waals surface area contributed by atoms with Gasteiger partial charge in [-0.15, -0.1) is 0 Å². The van der Waals surface area contributed by atoms with Crippen molar-refractivity contribution in [1.82, 2.24) is 0 Å². The molecule has 1 aliphatic carbocycles. The second kappa shape index (κ2) is 9.44. The van der Waals surface area contributed by atoms with Gasteiger partial charge in [0.25, 0.3) is 0 Å². The molecule has 0 aliphatic heterocycles. The van der Waals surface area contributed by atoms with Crippen LogP contribution in [-0.2, 0) is 14.6 Å². The quantitative estimate of drug-likeness (QED) is 0.334. The van der Waals surface area contributed by atoms with Gasteiger partial charge in [0, 0.05) is 5.56 Å². The fourth-order valence-electron chi connectivity index (χ4n) is 1.90. The monoisotopic (exact) mass is 356 g/mol. The average molecular weight is 356 g/mol. The summed E-state index contributed by atoms with van der Waals surface area (Å²) in [6, 6.07) is 8.96. The van der Waals surface area contributed by atoms with Crippen LogP contribution in [0.4, 0.5) is 0 Å². The Morgan fingerprint density at radius 2 is 1.46 bits per heavy atom. The predicted molar refractivity (Wildman–Crippen MR) is 103 cm³/mol. The van der Waals surface area contributed by atoms with Gasteiger partial charge in [-0.2, -0.15) is 0 Å². The number of hydrogen-bond acceptors (Lipinski definition) is 4. The minimum atomic E-state index is -0.495. The van der Waals surface area contributed by atoms with Gasteiger partial charge in [0.1, 0.15) is 5.94 Å². The van der Waals surface area contributed by atoms with Crippen molar-refractivity contribution in [3.05, 3.63) is 65.8 Å². The standard InChI is InChI=1S/C14H10O2.C8H18O2/c15-10-12-8-4-5-9-13(12)14(16)11-6-2-1-3-7-11;1-7(2,3)9-10-8(4,5)6/h1-9,13H;1-6H3. The summed E-state index contributed by atoms with van der Waals surface area (Å²) in [5, 5.41) is 0. The maximum Gasteiger partial charge on any atom is 0.174 e. The smallest absolute Gasteiger partial charge is 0.174 e. The average Bonchev–Trinajstić information content (AvgIpc) is 2.59. The second-order valence-electron chi connectivity index (χ2n) is 7.90. The van der Waals surface area contributed by atoms with Crippen molar-refractivity contribution in [2.24, 2.45) is 5.92 Å². The van der Waals surface area contributed by atoms with E-state index in [1.807, 2.05) is 53.6 Å². The van der Waals surface area contributed by atoms with Crippen molar-refractivity contribution < 1.29 is 19.4 Å². The van der Waals surface area contributed by atoms with Crippen LogP contribution < -0.4 is 0 Å². The second-order valence-corrected chi connectivity index (χ2v) is 7.90. The maximum absolute atomic E-state index is 12.1. The van der Waals surface area contributed by atoms with Gasteiger partial charge in [0.15, 0.2) is 5.78 Å². The molecular formula is C22H28O4. The Balaban J connectivity index is 0.000000294. The fraction of sp³-hybridized carbons (Fsp3) is 0.409. The lowest BCUT2D eigenvalue weighted by molar-refractivity contribution is -0.393. The van der Waals surface area contributed by atoms with Gasteiger partial charge in [-0.1, -0.05) is 48.6 Å². The zero-order chi connectivity index (χ0) is 19.8. The van der Waals surface area contributed by atoms with E-state index in [1.54, 1.807) is 48.6 Å². The molecule has 1 aliphatic rings. The van der Waals surface area contributed by atoms with Crippen molar-refractivity contribution in [1.29, 1.82) is 0 Å². The summed E-state index contributed by atoms with van der Waals surface area (Å²) in [5.74, 6) is 1.25. The highest BCUT2D eigenvalue weighted by Gasteiger charge is 2.22. The lowest BCUT2D eigenvalue weighted by Crippen LogP contribution is -2.27. The third-order valence-electron chi connectivity index (χ3n) is 3.03. The molecular weight excluding hydrogens is 328 g/mol. The van der Waals surface area contributed by atoms with Gasteiger partial charge in [0.05, 0.1) is 22.7 Å². The minimum absolute atomic E-state index is 0.0699. The Morgan fingerprint density at radius 1 is 0.923 bits per heavy atom.